The standard InChI is InChI=1S/C25H44O4Si2/c1-19(18-27-20(2)26)13-14-21-17-22(28-30(9,10)24(3,4)5)15-16-23(21)29-31(11,12)25(6,7)8/h13,15-17H,14,18H2,1-12H3/b19-13+. The first kappa shape index (κ1) is 27.5. The number of benzene rings is 1. The number of hydrogen-bond acceptors (Lipinski definition) is 4. The van der Waals surface area contributed by atoms with E-state index < -0.39 is 16.6 Å². The summed E-state index contributed by atoms with van der Waals surface area (Å²) in [7, 11) is -3.92. The van der Waals surface area contributed by atoms with E-state index in [2.05, 4.69) is 85.9 Å². The first-order valence-electron chi connectivity index (χ1n) is 11.2. The molecule has 0 amide bonds. The van der Waals surface area contributed by atoms with Gasteiger partial charge in [-0.1, -0.05) is 47.6 Å². The van der Waals surface area contributed by atoms with E-state index in [1.807, 2.05) is 13.0 Å². The van der Waals surface area contributed by atoms with Crippen molar-refractivity contribution in [3.05, 3.63) is 35.4 Å². The van der Waals surface area contributed by atoms with E-state index >= 15 is 0 Å². The second-order valence-electron chi connectivity index (χ2n) is 11.5. The topological polar surface area (TPSA) is 44.8 Å². The van der Waals surface area contributed by atoms with Gasteiger partial charge < -0.3 is 13.6 Å². The molecule has 0 bridgehead atoms. The fourth-order valence-corrected chi connectivity index (χ4v) is 4.39. The van der Waals surface area contributed by atoms with Crippen molar-refractivity contribution in [2.45, 2.75) is 98.1 Å². The highest BCUT2D eigenvalue weighted by molar-refractivity contribution is 6.75. The summed E-state index contributed by atoms with van der Waals surface area (Å²) in [6.07, 6.45) is 2.80. The quantitative estimate of drug-likeness (QED) is 0.227. The van der Waals surface area contributed by atoms with Crippen molar-refractivity contribution >= 4 is 22.6 Å². The predicted octanol–water partition coefficient (Wildman–Crippen LogP) is 7.51. The van der Waals surface area contributed by atoms with Crippen LogP contribution in [0.2, 0.25) is 36.3 Å². The monoisotopic (exact) mass is 464 g/mol. The Morgan fingerprint density at radius 1 is 0.903 bits per heavy atom. The molecular weight excluding hydrogens is 420 g/mol. The van der Waals surface area contributed by atoms with Crippen molar-refractivity contribution in [1.29, 1.82) is 0 Å². The Labute approximate surface area is 192 Å². The molecule has 0 saturated carbocycles. The van der Waals surface area contributed by atoms with Gasteiger partial charge in [0.25, 0.3) is 0 Å². The third-order valence-electron chi connectivity index (χ3n) is 6.56. The third-order valence-corrected chi connectivity index (χ3v) is 15.3. The van der Waals surface area contributed by atoms with E-state index in [-0.39, 0.29) is 16.0 Å². The smallest absolute Gasteiger partial charge is 0.302 e. The summed E-state index contributed by atoms with van der Waals surface area (Å²) in [6, 6.07) is 6.23. The Morgan fingerprint density at radius 2 is 1.42 bits per heavy atom. The first-order valence-corrected chi connectivity index (χ1v) is 17.0. The van der Waals surface area contributed by atoms with Crippen LogP contribution in [-0.2, 0) is 16.0 Å². The van der Waals surface area contributed by atoms with Crippen molar-refractivity contribution in [3.63, 3.8) is 0 Å². The molecule has 1 aromatic rings. The minimum atomic E-state index is -1.98. The molecule has 0 aliphatic heterocycles. The van der Waals surface area contributed by atoms with E-state index in [0.29, 0.717) is 13.0 Å². The van der Waals surface area contributed by atoms with Crippen LogP contribution in [0.15, 0.2) is 29.8 Å². The molecule has 0 unspecified atom stereocenters. The van der Waals surface area contributed by atoms with Gasteiger partial charge >= 0.3 is 5.97 Å². The van der Waals surface area contributed by atoms with Gasteiger partial charge in [0, 0.05) is 12.5 Å². The maximum absolute atomic E-state index is 11.1. The van der Waals surface area contributed by atoms with Gasteiger partial charge in [-0.15, -0.1) is 0 Å². The van der Waals surface area contributed by atoms with Crippen LogP contribution in [0.5, 0.6) is 11.5 Å². The van der Waals surface area contributed by atoms with E-state index in [1.54, 1.807) is 0 Å². The minimum Gasteiger partial charge on any atom is -0.543 e. The molecule has 0 radical (unpaired) electrons. The van der Waals surface area contributed by atoms with Gasteiger partial charge in [0.05, 0.1) is 0 Å². The zero-order chi connectivity index (χ0) is 24.3. The van der Waals surface area contributed by atoms with Crippen molar-refractivity contribution in [2.75, 3.05) is 6.61 Å². The van der Waals surface area contributed by atoms with Gasteiger partial charge in [0.15, 0.2) is 0 Å². The van der Waals surface area contributed by atoms with Gasteiger partial charge in [-0.3, -0.25) is 4.79 Å². The summed E-state index contributed by atoms with van der Waals surface area (Å²) >= 11 is 0. The highest BCUT2D eigenvalue weighted by Gasteiger charge is 2.40. The molecule has 6 heteroatoms. The molecular formula is C25H44O4Si2. The van der Waals surface area contributed by atoms with E-state index in [9.17, 15) is 4.79 Å². The molecule has 176 valence electrons. The number of carbonyl (C=O) groups is 1. The number of esters is 1. The first-order chi connectivity index (χ1) is 13.9. The van der Waals surface area contributed by atoms with Crippen LogP contribution >= 0.6 is 0 Å². The van der Waals surface area contributed by atoms with Gasteiger partial charge in [0.2, 0.25) is 16.6 Å². The molecule has 0 fully saturated rings. The fourth-order valence-electron chi connectivity index (χ4n) is 2.31. The van der Waals surface area contributed by atoms with E-state index in [4.69, 9.17) is 13.6 Å². The molecule has 0 spiro atoms. The Kier molecular flexibility index (Phi) is 8.82. The average Bonchev–Trinajstić information content (AvgIpc) is 2.57. The lowest BCUT2D eigenvalue weighted by Gasteiger charge is -2.38. The molecule has 0 atom stereocenters. The predicted molar refractivity (Wildman–Crippen MR) is 136 cm³/mol. The lowest BCUT2D eigenvalue weighted by Crippen LogP contribution is -2.44. The number of rotatable bonds is 8. The molecule has 0 N–H and O–H groups in total. The van der Waals surface area contributed by atoms with Crippen LogP contribution < -0.4 is 8.85 Å². The van der Waals surface area contributed by atoms with E-state index in [1.165, 1.54) is 6.92 Å². The fraction of sp³-hybridized carbons (Fsp3) is 0.640. The largest absolute Gasteiger partial charge is 0.543 e. The zero-order valence-corrected chi connectivity index (χ0v) is 23.9. The van der Waals surface area contributed by atoms with Crippen LogP contribution in [0.3, 0.4) is 0 Å². The maximum atomic E-state index is 11.1. The summed E-state index contributed by atoms with van der Waals surface area (Å²) in [5, 5.41) is 0.242. The van der Waals surface area contributed by atoms with Crippen molar-refractivity contribution in [2.24, 2.45) is 0 Å². The molecule has 31 heavy (non-hydrogen) atoms. The SMILES string of the molecule is CC(=O)OC/C(C)=C/Cc1cc(O[Si](C)(C)C(C)(C)C)ccc1O[Si](C)(C)C(C)(C)C. The summed E-state index contributed by atoms with van der Waals surface area (Å²) in [6.45, 7) is 26.2. The zero-order valence-electron chi connectivity index (χ0n) is 21.9. The Hall–Kier alpha value is -1.54. The summed E-state index contributed by atoms with van der Waals surface area (Å²) in [5.74, 6) is 1.56. The molecule has 0 heterocycles. The molecule has 4 nitrogen and oxygen atoms in total. The van der Waals surface area contributed by atoms with Crippen LogP contribution in [0, 0.1) is 0 Å². The van der Waals surface area contributed by atoms with Gasteiger partial charge in [-0.25, -0.2) is 0 Å². The van der Waals surface area contributed by atoms with Crippen LogP contribution in [0.4, 0.5) is 0 Å². The lowest BCUT2D eigenvalue weighted by molar-refractivity contribution is -0.139. The van der Waals surface area contributed by atoms with Crippen LogP contribution in [-0.4, -0.2) is 29.2 Å². The van der Waals surface area contributed by atoms with Crippen molar-refractivity contribution < 1.29 is 18.4 Å². The molecule has 1 aromatic carbocycles. The molecule has 0 aliphatic rings. The van der Waals surface area contributed by atoms with Crippen LogP contribution in [0.25, 0.3) is 0 Å². The van der Waals surface area contributed by atoms with Gasteiger partial charge in [-0.2, -0.15) is 0 Å². The van der Waals surface area contributed by atoms with Crippen LogP contribution in [0.1, 0.15) is 61.0 Å². The molecule has 1 rings (SSSR count). The Bertz CT molecular complexity index is 797. The van der Waals surface area contributed by atoms with Crippen molar-refractivity contribution in [1.82, 2.24) is 0 Å². The molecule has 0 aliphatic carbocycles. The minimum absolute atomic E-state index is 0.113. The lowest BCUT2D eigenvalue weighted by atomic mass is 10.1. The van der Waals surface area contributed by atoms with E-state index in [0.717, 1.165) is 22.6 Å². The van der Waals surface area contributed by atoms with Gasteiger partial charge in [0.1, 0.15) is 18.1 Å². The second-order valence-corrected chi connectivity index (χ2v) is 21.0. The summed E-state index contributed by atoms with van der Waals surface area (Å²) in [4.78, 5) is 11.1. The van der Waals surface area contributed by atoms with Crippen molar-refractivity contribution in [3.8, 4) is 11.5 Å². The highest BCUT2D eigenvalue weighted by Crippen LogP contribution is 2.41. The summed E-state index contributed by atoms with van der Waals surface area (Å²) < 4.78 is 18.3. The Balaban J connectivity index is 3.28. The normalized spacial score (nSPS) is 13.7. The molecule has 0 aromatic heterocycles. The highest BCUT2D eigenvalue weighted by atomic mass is 28.4. The maximum Gasteiger partial charge on any atom is 0.302 e. The number of carbonyl (C=O) groups excluding carboxylic acids is 1. The van der Waals surface area contributed by atoms with Gasteiger partial charge in [-0.05, 0) is 73.4 Å². The number of ether oxygens (including phenoxy) is 1. The second kappa shape index (κ2) is 9.94. The Morgan fingerprint density at radius 3 is 1.90 bits per heavy atom. The number of hydrogen-bond donors (Lipinski definition) is 0. The molecule has 0 saturated heterocycles. The average molecular weight is 465 g/mol. The summed E-state index contributed by atoms with van der Waals surface area (Å²) in [5.41, 5.74) is 2.12. The third kappa shape index (κ3) is 8.15. The number of allylic oxidation sites excluding steroid dienone is 1.